The molecule has 160 valence electrons. The Kier molecular flexibility index (Phi) is 7.85. The molecule has 2 aromatic rings. The number of nitrogens with one attached hydrogen (secondary N) is 2. The third kappa shape index (κ3) is 5.83. The van der Waals surface area contributed by atoms with Crippen molar-refractivity contribution in [2.24, 2.45) is 5.92 Å². The smallest absolute Gasteiger partial charge is 0.318 e. The number of amides is 3. The van der Waals surface area contributed by atoms with E-state index >= 15 is 0 Å². The Bertz CT molecular complexity index is 841. The van der Waals surface area contributed by atoms with Crippen LogP contribution in [0.4, 0.5) is 4.79 Å². The van der Waals surface area contributed by atoms with E-state index in [4.69, 9.17) is 4.74 Å². The molecule has 0 spiro atoms. The first kappa shape index (κ1) is 21.8. The predicted molar refractivity (Wildman–Crippen MR) is 117 cm³/mol. The molecule has 2 aromatic carbocycles. The third-order valence-corrected chi connectivity index (χ3v) is 5.53. The van der Waals surface area contributed by atoms with Crippen molar-refractivity contribution in [3.63, 3.8) is 0 Å². The summed E-state index contributed by atoms with van der Waals surface area (Å²) in [5, 5.41) is 5.94. The number of hydrogen-bond acceptors (Lipinski definition) is 3. The van der Waals surface area contributed by atoms with Gasteiger partial charge in [-0.3, -0.25) is 4.79 Å². The lowest BCUT2D eigenvalue weighted by Crippen LogP contribution is -2.50. The fourth-order valence-electron chi connectivity index (χ4n) is 3.93. The Labute approximate surface area is 178 Å². The minimum Gasteiger partial charge on any atom is -0.383 e. The zero-order valence-corrected chi connectivity index (χ0v) is 17.8. The topological polar surface area (TPSA) is 70.7 Å². The number of carbonyl (C=O) groups excluding carboxylic acids is 2. The first-order chi connectivity index (χ1) is 14.6. The maximum Gasteiger partial charge on any atom is 0.318 e. The van der Waals surface area contributed by atoms with E-state index in [-0.39, 0.29) is 23.9 Å². The van der Waals surface area contributed by atoms with Crippen molar-refractivity contribution < 1.29 is 14.3 Å². The number of benzene rings is 2. The first-order valence-corrected chi connectivity index (χ1v) is 10.5. The lowest BCUT2D eigenvalue weighted by Gasteiger charge is -2.39. The second-order valence-electron chi connectivity index (χ2n) is 7.78. The Morgan fingerprint density at radius 2 is 1.87 bits per heavy atom. The maximum absolute atomic E-state index is 13.1. The summed E-state index contributed by atoms with van der Waals surface area (Å²) in [7, 11) is 1.61. The third-order valence-electron chi connectivity index (χ3n) is 5.53. The van der Waals surface area contributed by atoms with Gasteiger partial charge in [-0.25, -0.2) is 4.79 Å². The average molecular weight is 410 g/mol. The van der Waals surface area contributed by atoms with Crippen molar-refractivity contribution in [3.05, 3.63) is 71.3 Å². The van der Waals surface area contributed by atoms with E-state index in [0.29, 0.717) is 26.2 Å². The van der Waals surface area contributed by atoms with E-state index in [2.05, 4.69) is 35.8 Å². The normalized spacial score (nSPS) is 18.7. The number of aryl methyl sites for hydroxylation is 1. The number of nitrogens with zero attached hydrogens (tertiary/aromatic N) is 1. The van der Waals surface area contributed by atoms with E-state index in [1.807, 2.05) is 41.3 Å². The van der Waals surface area contributed by atoms with Crippen LogP contribution >= 0.6 is 0 Å². The molecule has 1 fully saturated rings. The summed E-state index contributed by atoms with van der Waals surface area (Å²) in [5.41, 5.74) is 3.32. The Morgan fingerprint density at radius 3 is 2.60 bits per heavy atom. The van der Waals surface area contributed by atoms with Crippen molar-refractivity contribution in [2.75, 3.05) is 26.8 Å². The van der Waals surface area contributed by atoms with Crippen LogP contribution in [-0.4, -0.2) is 43.6 Å². The molecule has 0 radical (unpaired) electrons. The minimum atomic E-state index is -0.217. The summed E-state index contributed by atoms with van der Waals surface area (Å²) in [6.45, 7) is 3.87. The van der Waals surface area contributed by atoms with Gasteiger partial charge in [-0.15, -0.1) is 0 Å². The SMILES string of the molecule is COCCNC(=O)C1CCC(c2cccc(C)c2)N(C(=O)NCc2ccccc2)C1. The van der Waals surface area contributed by atoms with Gasteiger partial charge in [0.1, 0.15) is 0 Å². The van der Waals surface area contributed by atoms with Crippen LogP contribution in [0.3, 0.4) is 0 Å². The monoisotopic (exact) mass is 409 g/mol. The summed E-state index contributed by atoms with van der Waals surface area (Å²) >= 11 is 0. The van der Waals surface area contributed by atoms with Crippen molar-refractivity contribution in [1.29, 1.82) is 0 Å². The van der Waals surface area contributed by atoms with Crippen molar-refractivity contribution in [2.45, 2.75) is 32.4 Å². The predicted octanol–water partition coefficient (Wildman–Crippen LogP) is 3.42. The zero-order valence-electron chi connectivity index (χ0n) is 17.8. The van der Waals surface area contributed by atoms with Gasteiger partial charge in [-0.05, 0) is 30.9 Å². The van der Waals surface area contributed by atoms with E-state index < -0.39 is 0 Å². The maximum atomic E-state index is 13.1. The number of carbonyl (C=O) groups is 2. The Morgan fingerprint density at radius 1 is 1.07 bits per heavy atom. The Hall–Kier alpha value is -2.86. The molecule has 1 aliphatic rings. The summed E-state index contributed by atoms with van der Waals surface area (Å²) < 4.78 is 5.01. The van der Waals surface area contributed by atoms with Gasteiger partial charge < -0.3 is 20.3 Å². The van der Waals surface area contributed by atoms with E-state index in [9.17, 15) is 9.59 Å². The second-order valence-corrected chi connectivity index (χ2v) is 7.78. The van der Waals surface area contributed by atoms with Gasteiger partial charge in [0.2, 0.25) is 5.91 Å². The Balaban J connectivity index is 1.72. The lowest BCUT2D eigenvalue weighted by atomic mass is 9.88. The molecule has 6 nitrogen and oxygen atoms in total. The largest absolute Gasteiger partial charge is 0.383 e. The molecular formula is C24H31N3O3. The summed E-state index contributed by atoms with van der Waals surface area (Å²) in [6.07, 6.45) is 1.50. The molecule has 2 unspecified atom stereocenters. The number of likely N-dealkylation sites (tertiary alicyclic amines) is 1. The highest BCUT2D eigenvalue weighted by molar-refractivity contribution is 5.81. The van der Waals surface area contributed by atoms with Gasteiger partial charge in [0, 0.05) is 26.7 Å². The molecule has 1 aliphatic heterocycles. The van der Waals surface area contributed by atoms with Crippen molar-refractivity contribution >= 4 is 11.9 Å². The van der Waals surface area contributed by atoms with E-state index in [0.717, 1.165) is 29.5 Å². The van der Waals surface area contributed by atoms with E-state index in [1.165, 1.54) is 0 Å². The molecule has 2 N–H and O–H groups in total. The standard InChI is InChI=1S/C24H31N3O3/c1-18-7-6-10-20(15-18)22-12-11-21(23(28)25-13-14-30-2)17-27(22)24(29)26-16-19-8-4-3-5-9-19/h3-10,15,21-22H,11-14,16-17H2,1-2H3,(H,25,28)(H,26,29). The molecule has 0 bridgehead atoms. The van der Waals surface area contributed by atoms with Crippen LogP contribution in [0.5, 0.6) is 0 Å². The molecule has 3 rings (SSSR count). The van der Waals surface area contributed by atoms with Crippen LogP contribution in [0, 0.1) is 12.8 Å². The molecule has 6 heteroatoms. The summed E-state index contributed by atoms with van der Waals surface area (Å²) in [5.74, 6) is -0.235. The number of methoxy groups -OCH3 is 1. The van der Waals surface area contributed by atoms with Gasteiger partial charge in [0.15, 0.2) is 0 Å². The van der Waals surface area contributed by atoms with Crippen LogP contribution in [0.15, 0.2) is 54.6 Å². The molecule has 0 saturated carbocycles. The number of urea groups is 1. The van der Waals surface area contributed by atoms with E-state index in [1.54, 1.807) is 7.11 Å². The average Bonchev–Trinajstić information content (AvgIpc) is 2.78. The fraction of sp³-hybridized carbons (Fsp3) is 0.417. The quantitative estimate of drug-likeness (QED) is 0.689. The van der Waals surface area contributed by atoms with Gasteiger partial charge in [-0.2, -0.15) is 0 Å². The lowest BCUT2D eigenvalue weighted by molar-refractivity contribution is -0.127. The van der Waals surface area contributed by atoms with Gasteiger partial charge in [-0.1, -0.05) is 60.2 Å². The molecule has 0 aliphatic carbocycles. The number of hydrogen-bond donors (Lipinski definition) is 2. The summed E-state index contributed by atoms with van der Waals surface area (Å²) in [6, 6.07) is 17.9. The molecule has 1 heterocycles. The van der Waals surface area contributed by atoms with Crippen LogP contribution in [0.1, 0.15) is 35.6 Å². The highest BCUT2D eigenvalue weighted by Gasteiger charge is 2.35. The molecule has 3 amide bonds. The zero-order chi connectivity index (χ0) is 21.3. The van der Waals surface area contributed by atoms with Gasteiger partial charge >= 0.3 is 6.03 Å². The van der Waals surface area contributed by atoms with Crippen molar-refractivity contribution in [1.82, 2.24) is 15.5 Å². The van der Waals surface area contributed by atoms with Crippen LogP contribution < -0.4 is 10.6 Å². The van der Waals surface area contributed by atoms with Crippen LogP contribution in [0.2, 0.25) is 0 Å². The molecule has 2 atom stereocenters. The van der Waals surface area contributed by atoms with Gasteiger partial charge in [0.05, 0.1) is 18.6 Å². The fourth-order valence-corrected chi connectivity index (χ4v) is 3.93. The highest BCUT2D eigenvalue weighted by Crippen LogP contribution is 2.34. The minimum absolute atomic E-state index is 0.0180. The van der Waals surface area contributed by atoms with Crippen molar-refractivity contribution in [3.8, 4) is 0 Å². The highest BCUT2D eigenvalue weighted by atomic mass is 16.5. The van der Waals surface area contributed by atoms with Crippen LogP contribution in [0.25, 0.3) is 0 Å². The molecule has 30 heavy (non-hydrogen) atoms. The number of piperidine rings is 1. The molecular weight excluding hydrogens is 378 g/mol. The van der Waals surface area contributed by atoms with Crippen LogP contribution in [-0.2, 0) is 16.1 Å². The van der Waals surface area contributed by atoms with Gasteiger partial charge in [0.25, 0.3) is 0 Å². The number of ether oxygens (including phenoxy) is 1. The molecule has 0 aromatic heterocycles. The first-order valence-electron chi connectivity index (χ1n) is 10.5. The molecule has 1 saturated heterocycles. The number of rotatable bonds is 7. The second kappa shape index (κ2) is 10.8. The summed E-state index contributed by atoms with van der Waals surface area (Å²) in [4.78, 5) is 27.5.